The van der Waals surface area contributed by atoms with E-state index in [2.05, 4.69) is 44.3 Å². The van der Waals surface area contributed by atoms with Crippen LogP contribution in [-0.4, -0.2) is 38.0 Å². The van der Waals surface area contributed by atoms with Crippen LogP contribution in [0.25, 0.3) is 16.7 Å². The van der Waals surface area contributed by atoms with Gasteiger partial charge >= 0.3 is 5.69 Å². The first-order chi connectivity index (χ1) is 15.4. The molecule has 0 radical (unpaired) electrons. The van der Waals surface area contributed by atoms with E-state index in [4.69, 9.17) is 17.0 Å². The van der Waals surface area contributed by atoms with Crippen molar-refractivity contribution in [1.29, 1.82) is 5.41 Å². The molecule has 0 spiro atoms. The van der Waals surface area contributed by atoms with E-state index in [9.17, 15) is 9.18 Å². The van der Waals surface area contributed by atoms with Crippen LogP contribution in [0.1, 0.15) is 11.1 Å². The van der Waals surface area contributed by atoms with Gasteiger partial charge in [-0.05, 0) is 54.9 Å². The van der Waals surface area contributed by atoms with Gasteiger partial charge in [0, 0.05) is 25.0 Å². The third-order valence-electron chi connectivity index (χ3n) is 5.51. The van der Waals surface area contributed by atoms with E-state index in [1.807, 2.05) is 6.07 Å². The van der Waals surface area contributed by atoms with Crippen molar-refractivity contribution in [3.63, 3.8) is 0 Å². The summed E-state index contributed by atoms with van der Waals surface area (Å²) in [5.74, 6) is -0.277. The van der Waals surface area contributed by atoms with Gasteiger partial charge in [0.2, 0.25) is 5.95 Å². The summed E-state index contributed by atoms with van der Waals surface area (Å²) in [7, 11) is 2.09. The number of benzene rings is 2. The minimum absolute atomic E-state index is 0.0704. The van der Waals surface area contributed by atoms with Crippen molar-refractivity contribution < 1.29 is 4.39 Å². The van der Waals surface area contributed by atoms with E-state index in [0.29, 0.717) is 11.3 Å². The van der Waals surface area contributed by atoms with E-state index >= 15 is 0 Å². The lowest BCUT2D eigenvalue weighted by Gasteiger charge is -2.25. The fourth-order valence-electron chi connectivity index (χ4n) is 3.88. The number of anilines is 2. The van der Waals surface area contributed by atoms with Crippen molar-refractivity contribution in [1.82, 2.24) is 24.4 Å². The maximum absolute atomic E-state index is 13.7. The average molecular weight is 452 g/mol. The van der Waals surface area contributed by atoms with Gasteiger partial charge in [0.15, 0.2) is 5.65 Å². The number of halogens is 2. The third kappa shape index (κ3) is 3.65. The Bertz CT molecular complexity index is 1480. The standard InChI is InChI=1S/C22H19ClFN7O/c1-30-7-6-12-2-4-15(8-13(12)11-30)27-21-26-10-16-19(25)31(22(32)29-20(16)28-21)18-9-14(24)3-5-17(18)23/h2-5,8-10,25H,6-7,11H2,1H3,(H2,26,27,28,29,32). The van der Waals surface area contributed by atoms with Crippen molar-refractivity contribution in [3.05, 3.63) is 80.5 Å². The molecule has 0 amide bonds. The molecule has 0 bridgehead atoms. The number of aromatic amines is 1. The molecule has 32 heavy (non-hydrogen) atoms. The van der Waals surface area contributed by atoms with Crippen molar-refractivity contribution in [2.75, 3.05) is 18.9 Å². The van der Waals surface area contributed by atoms with E-state index in [-0.39, 0.29) is 21.8 Å². The molecule has 10 heteroatoms. The second-order valence-electron chi connectivity index (χ2n) is 7.76. The number of likely N-dealkylation sites (N-methyl/N-ethyl adjacent to an activating group) is 1. The maximum Gasteiger partial charge on any atom is 0.333 e. The summed E-state index contributed by atoms with van der Waals surface area (Å²) in [5.41, 5.74) is 2.83. The Hall–Kier alpha value is -3.56. The zero-order chi connectivity index (χ0) is 22.4. The summed E-state index contributed by atoms with van der Waals surface area (Å²) in [6.45, 7) is 1.92. The fraction of sp³-hybridized carbons (Fsp3) is 0.182. The second-order valence-corrected chi connectivity index (χ2v) is 8.17. The summed E-state index contributed by atoms with van der Waals surface area (Å²) in [6, 6.07) is 9.77. The molecule has 0 aliphatic carbocycles. The molecule has 1 aliphatic rings. The van der Waals surface area contributed by atoms with Crippen LogP contribution in [0, 0.1) is 11.2 Å². The first-order valence-corrected chi connectivity index (χ1v) is 10.4. The number of fused-ring (bicyclic) bond motifs is 2. The minimum atomic E-state index is -0.656. The molecule has 3 N–H and O–H groups in total. The lowest BCUT2D eigenvalue weighted by Crippen LogP contribution is -2.34. The van der Waals surface area contributed by atoms with Crippen LogP contribution >= 0.6 is 11.6 Å². The second kappa shape index (κ2) is 7.85. The monoisotopic (exact) mass is 451 g/mol. The number of H-pyrrole nitrogens is 1. The Labute approximate surface area is 186 Å². The quantitative estimate of drug-likeness (QED) is 0.444. The lowest BCUT2D eigenvalue weighted by atomic mass is 9.99. The maximum atomic E-state index is 13.7. The van der Waals surface area contributed by atoms with Crippen LogP contribution in [0.5, 0.6) is 0 Å². The van der Waals surface area contributed by atoms with Crippen molar-refractivity contribution in [2.24, 2.45) is 0 Å². The Balaban J connectivity index is 1.53. The highest BCUT2D eigenvalue weighted by atomic mass is 35.5. The molecule has 0 saturated carbocycles. The molecule has 0 fully saturated rings. The fourth-order valence-corrected chi connectivity index (χ4v) is 4.08. The van der Waals surface area contributed by atoms with Crippen molar-refractivity contribution in [3.8, 4) is 5.69 Å². The van der Waals surface area contributed by atoms with Crippen LogP contribution in [0.2, 0.25) is 5.02 Å². The summed E-state index contributed by atoms with van der Waals surface area (Å²) in [4.78, 5) is 26.3. The molecule has 2 aromatic carbocycles. The number of nitrogens with one attached hydrogen (secondary N) is 3. The zero-order valence-corrected chi connectivity index (χ0v) is 17.9. The number of rotatable bonds is 3. The van der Waals surface area contributed by atoms with Crippen LogP contribution in [-0.2, 0) is 13.0 Å². The van der Waals surface area contributed by atoms with Gasteiger partial charge in [0.1, 0.15) is 11.3 Å². The molecule has 2 aromatic heterocycles. The van der Waals surface area contributed by atoms with E-state index in [1.54, 1.807) is 0 Å². The average Bonchev–Trinajstić information content (AvgIpc) is 2.75. The largest absolute Gasteiger partial charge is 0.333 e. The Morgan fingerprint density at radius 2 is 2.06 bits per heavy atom. The highest BCUT2D eigenvalue weighted by Crippen LogP contribution is 2.24. The predicted octanol–water partition coefficient (Wildman–Crippen LogP) is 3.11. The minimum Gasteiger partial charge on any atom is -0.324 e. The van der Waals surface area contributed by atoms with Gasteiger partial charge in [-0.15, -0.1) is 0 Å². The molecular formula is C22H19ClFN7O. The molecule has 0 atom stereocenters. The Kier molecular flexibility index (Phi) is 4.99. The summed E-state index contributed by atoms with van der Waals surface area (Å²) < 4.78 is 14.7. The van der Waals surface area contributed by atoms with E-state index in [1.165, 1.54) is 29.5 Å². The summed E-state index contributed by atoms with van der Waals surface area (Å²) >= 11 is 6.13. The normalized spacial score (nSPS) is 13.8. The van der Waals surface area contributed by atoms with Gasteiger partial charge in [-0.1, -0.05) is 17.7 Å². The zero-order valence-electron chi connectivity index (χ0n) is 17.1. The first-order valence-electron chi connectivity index (χ1n) is 9.98. The highest BCUT2D eigenvalue weighted by Gasteiger charge is 2.15. The molecule has 0 saturated heterocycles. The van der Waals surface area contributed by atoms with Crippen LogP contribution < -0.4 is 16.5 Å². The highest BCUT2D eigenvalue weighted by molar-refractivity contribution is 6.32. The Morgan fingerprint density at radius 3 is 2.91 bits per heavy atom. The van der Waals surface area contributed by atoms with Gasteiger partial charge in [-0.2, -0.15) is 4.98 Å². The van der Waals surface area contributed by atoms with Crippen LogP contribution in [0.15, 0.2) is 47.4 Å². The Morgan fingerprint density at radius 1 is 1.22 bits per heavy atom. The number of hydrogen-bond acceptors (Lipinski definition) is 6. The molecule has 162 valence electrons. The van der Waals surface area contributed by atoms with Gasteiger partial charge in [-0.3, -0.25) is 10.4 Å². The van der Waals surface area contributed by atoms with Crippen LogP contribution in [0.4, 0.5) is 16.0 Å². The predicted molar refractivity (Wildman–Crippen MR) is 120 cm³/mol. The van der Waals surface area contributed by atoms with Crippen molar-refractivity contribution >= 4 is 34.3 Å². The molecular weight excluding hydrogens is 433 g/mol. The molecule has 0 unspecified atom stereocenters. The number of nitrogens with zero attached hydrogens (tertiary/aromatic N) is 4. The summed E-state index contributed by atoms with van der Waals surface area (Å²) in [5, 5.41) is 12.1. The van der Waals surface area contributed by atoms with Gasteiger partial charge < -0.3 is 10.2 Å². The lowest BCUT2D eigenvalue weighted by molar-refractivity contribution is 0.313. The molecule has 3 heterocycles. The smallest absolute Gasteiger partial charge is 0.324 e. The third-order valence-corrected chi connectivity index (χ3v) is 5.83. The SMILES string of the molecule is CN1CCc2ccc(Nc3ncc4c(=N)n(-c5cc(F)ccc5Cl)c(=O)[nH]c4n3)cc2C1. The van der Waals surface area contributed by atoms with Crippen LogP contribution in [0.3, 0.4) is 0 Å². The number of aromatic nitrogens is 4. The van der Waals surface area contributed by atoms with Gasteiger partial charge in [0.25, 0.3) is 0 Å². The molecule has 4 aromatic rings. The van der Waals surface area contributed by atoms with Crippen molar-refractivity contribution in [2.45, 2.75) is 13.0 Å². The molecule has 8 nitrogen and oxygen atoms in total. The van der Waals surface area contributed by atoms with E-state index in [0.717, 1.165) is 35.8 Å². The number of hydrogen-bond donors (Lipinski definition) is 3. The topological polar surface area (TPSA) is 103 Å². The van der Waals surface area contributed by atoms with Gasteiger partial charge in [0.05, 0.1) is 16.1 Å². The molecule has 5 rings (SSSR count). The summed E-state index contributed by atoms with van der Waals surface area (Å²) in [6.07, 6.45) is 2.46. The molecule has 1 aliphatic heterocycles. The van der Waals surface area contributed by atoms with E-state index < -0.39 is 11.5 Å². The van der Waals surface area contributed by atoms with Gasteiger partial charge in [-0.25, -0.2) is 18.7 Å². The first kappa shape index (κ1) is 20.3.